The lowest BCUT2D eigenvalue weighted by molar-refractivity contribution is -0.139. The fourth-order valence-electron chi connectivity index (χ4n) is 1.56. The number of hydrogen-bond donors (Lipinski definition) is 3. The van der Waals surface area contributed by atoms with Gasteiger partial charge in [0.1, 0.15) is 5.75 Å². The third-order valence-corrected chi connectivity index (χ3v) is 3.44. The molecule has 1 aromatic rings. The Morgan fingerprint density at radius 2 is 2.09 bits per heavy atom. The average Bonchev–Trinajstić information content (AvgIpc) is 3.30. The molecule has 1 aliphatic rings. The summed E-state index contributed by atoms with van der Waals surface area (Å²) in [5.74, 6) is -1.63. The van der Waals surface area contributed by atoms with Crippen LogP contribution in [0.5, 0.6) is 5.75 Å². The van der Waals surface area contributed by atoms with Crippen molar-refractivity contribution in [3.05, 3.63) is 28.2 Å². The summed E-state index contributed by atoms with van der Waals surface area (Å²) in [5, 5.41) is 6.27. The van der Waals surface area contributed by atoms with Crippen LogP contribution >= 0.6 is 15.9 Å². The molecule has 122 valence electrons. The lowest BCUT2D eigenvalue weighted by atomic mass is 10.2. The average molecular weight is 383 g/mol. The molecule has 1 aliphatic carbocycles. The van der Waals surface area contributed by atoms with Gasteiger partial charge in [-0.15, -0.1) is 0 Å². The Morgan fingerprint density at radius 3 is 2.70 bits per heavy atom. The van der Waals surface area contributed by atoms with Crippen LogP contribution in [-0.2, 0) is 14.4 Å². The van der Waals surface area contributed by atoms with Gasteiger partial charge in [-0.2, -0.15) is 5.10 Å². The molecule has 4 N–H and O–H groups in total. The second-order valence-corrected chi connectivity index (χ2v) is 5.75. The summed E-state index contributed by atoms with van der Waals surface area (Å²) in [5.41, 5.74) is 7.81. The van der Waals surface area contributed by atoms with Crippen LogP contribution in [0.1, 0.15) is 18.4 Å². The van der Waals surface area contributed by atoms with Crippen molar-refractivity contribution in [3.8, 4) is 5.75 Å². The molecule has 0 heterocycles. The highest BCUT2D eigenvalue weighted by Gasteiger charge is 2.26. The van der Waals surface area contributed by atoms with E-state index in [-0.39, 0.29) is 12.6 Å². The number of nitrogens with zero attached hydrogens (tertiary/aromatic N) is 1. The molecule has 1 fully saturated rings. The number of primary amides is 1. The van der Waals surface area contributed by atoms with Crippen LogP contribution in [0.15, 0.2) is 27.8 Å². The van der Waals surface area contributed by atoms with E-state index in [1.165, 1.54) is 6.21 Å². The number of benzene rings is 1. The smallest absolute Gasteiger partial charge is 0.329 e. The number of hydrazone groups is 1. The summed E-state index contributed by atoms with van der Waals surface area (Å²) in [4.78, 5) is 33.5. The van der Waals surface area contributed by atoms with Crippen molar-refractivity contribution in [3.63, 3.8) is 0 Å². The first-order valence-corrected chi connectivity index (χ1v) is 7.59. The number of nitrogens with one attached hydrogen (secondary N) is 2. The van der Waals surface area contributed by atoms with Crippen molar-refractivity contribution in [2.75, 3.05) is 6.61 Å². The van der Waals surface area contributed by atoms with Crippen molar-refractivity contribution < 1.29 is 19.1 Å². The maximum atomic E-state index is 11.5. The zero-order valence-electron chi connectivity index (χ0n) is 12.0. The first kappa shape index (κ1) is 16.9. The fraction of sp³-hybridized carbons (Fsp3) is 0.286. The highest BCUT2D eigenvalue weighted by molar-refractivity contribution is 9.10. The molecule has 0 bridgehead atoms. The monoisotopic (exact) mass is 382 g/mol. The number of halogens is 1. The largest absolute Gasteiger partial charge is 0.483 e. The molecule has 0 saturated heterocycles. The number of ether oxygens (including phenoxy) is 1. The molecule has 23 heavy (non-hydrogen) atoms. The van der Waals surface area contributed by atoms with Crippen LogP contribution in [0.4, 0.5) is 0 Å². The molecule has 1 saturated carbocycles. The summed E-state index contributed by atoms with van der Waals surface area (Å²) >= 11 is 3.29. The minimum Gasteiger partial charge on any atom is -0.483 e. The number of carbonyl (C=O) groups is 3. The zero-order valence-corrected chi connectivity index (χ0v) is 13.6. The summed E-state index contributed by atoms with van der Waals surface area (Å²) in [7, 11) is 0. The van der Waals surface area contributed by atoms with Crippen molar-refractivity contribution in [2.24, 2.45) is 10.8 Å². The first-order chi connectivity index (χ1) is 11.0. The molecule has 0 aliphatic heterocycles. The number of carbonyl (C=O) groups excluding carboxylic acids is 3. The van der Waals surface area contributed by atoms with E-state index < -0.39 is 17.7 Å². The van der Waals surface area contributed by atoms with Crippen LogP contribution in [0.2, 0.25) is 0 Å². The Balaban J connectivity index is 1.86. The second-order valence-electron chi connectivity index (χ2n) is 4.89. The molecule has 2 rings (SSSR count). The Morgan fingerprint density at radius 1 is 1.35 bits per heavy atom. The predicted octanol–water partition coefficient (Wildman–Crippen LogP) is 0.0419. The maximum absolute atomic E-state index is 11.5. The quantitative estimate of drug-likeness (QED) is 0.365. The van der Waals surface area contributed by atoms with E-state index >= 15 is 0 Å². The van der Waals surface area contributed by atoms with Gasteiger partial charge in [-0.3, -0.25) is 14.4 Å². The standard InChI is InChI=1S/C14H15BrN4O4/c15-10-5-8(1-4-11(10)23-7-12(16)20)6-17-19-14(22)13(21)18-9-2-3-9/h1,4-6,9H,2-3,7H2,(H2,16,20)(H,18,21)(H,19,22)/b17-6-. The molecule has 0 aromatic heterocycles. The minimum absolute atomic E-state index is 0.112. The van der Waals surface area contributed by atoms with Crippen LogP contribution in [-0.4, -0.2) is 36.6 Å². The predicted molar refractivity (Wildman–Crippen MR) is 85.7 cm³/mol. The topological polar surface area (TPSA) is 123 Å². The van der Waals surface area contributed by atoms with Crippen molar-refractivity contribution >= 4 is 39.9 Å². The maximum Gasteiger partial charge on any atom is 0.329 e. The second kappa shape index (κ2) is 7.73. The van der Waals surface area contributed by atoms with Gasteiger partial charge in [0, 0.05) is 6.04 Å². The lowest BCUT2D eigenvalue weighted by Crippen LogP contribution is -2.38. The molecule has 0 radical (unpaired) electrons. The van der Waals surface area contributed by atoms with Gasteiger partial charge in [0.25, 0.3) is 5.91 Å². The summed E-state index contributed by atoms with van der Waals surface area (Å²) in [6, 6.07) is 5.08. The molecule has 1 aromatic carbocycles. The van der Waals surface area contributed by atoms with E-state index in [2.05, 4.69) is 31.8 Å². The van der Waals surface area contributed by atoms with E-state index in [9.17, 15) is 14.4 Å². The molecule has 0 unspecified atom stereocenters. The van der Waals surface area contributed by atoms with E-state index in [0.29, 0.717) is 15.8 Å². The van der Waals surface area contributed by atoms with Gasteiger partial charge in [0.15, 0.2) is 6.61 Å². The van der Waals surface area contributed by atoms with Crippen molar-refractivity contribution in [1.29, 1.82) is 0 Å². The normalized spacial score (nSPS) is 13.6. The lowest BCUT2D eigenvalue weighted by Gasteiger charge is -2.06. The highest BCUT2D eigenvalue weighted by atomic mass is 79.9. The molecule has 0 spiro atoms. The Hall–Kier alpha value is -2.42. The first-order valence-electron chi connectivity index (χ1n) is 6.80. The van der Waals surface area contributed by atoms with Gasteiger partial charge in [-0.1, -0.05) is 0 Å². The van der Waals surface area contributed by atoms with Crippen molar-refractivity contribution in [2.45, 2.75) is 18.9 Å². The third-order valence-electron chi connectivity index (χ3n) is 2.82. The molecule has 9 heteroatoms. The van der Waals surface area contributed by atoms with E-state index in [1.807, 2.05) is 0 Å². The van der Waals surface area contributed by atoms with Gasteiger partial charge >= 0.3 is 11.8 Å². The number of amides is 3. The minimum atomic E-state index is -0.811. The van der Waals surface area contributed by atoms with E-state index in [1.54, 1.807) is 18.2 Å². The summed E-state index contributed by atoms with van der Waals surface area (Å²) in [6.07, 6.45) is 3.19. The van der Waals surface area contributed by atoms with Crippen LogP contribution in [0.3, 0.4) is 0 Å². The molecular weight excluding hydrogens is 368 g/mol. The van der Waals surface area contributed by atoms with Crippen LogP contribution in [0.25, 0.3) is 0 Å². The Bertz CT molecular complexity index is 658. The highest BCUT2D eigenvalue weighted by Crippen LogP contribution is 2.25. The van der Waals surface area contributed by atoms with Gasteiger partial charge in [-0.05, 0) is 52.5 Å². The van der Waals surface area contributed by atoms with Crippen LogP contribution in [0, 0.1) is 0 Å². The van der Waals surface area contributed by atoms with Gasteiger partial charge in [-0.25, -0.2) is 5.43 Å². The number of nitrogens with two attached hydrogens (primary N) is 1. The summed E-state index contributed by atoms with van der Waals surface area (Å²) in [6.45, 7) is -0.224. The third kappa shape index (κ3) is 5.70. The van der Waals surface area contributed by atoms with Gasteiger partial charge in [0.05, 0.1) is 10.7 Å². The van der Waals surface area contributed by atoms with Crippen LogP contribution < -0.4 is 21.2 Å². The van der Waals surface area contributed by atoms with Crippen molar-refractivity contribution in [1.82, 2.24) is 10.7 Å². The zero-order chi connectivity index (χ0) is 16.8. The summed E-state index contributed by atoms with van der Waals surface area (Å²) < 4.78 is 5.78. The van der Waals surface area contributed by atoms with Gasteiger partial charge in [0.2, 0.25) is 0 Å². The molecular formula is C14H15BrN4O4. The fourth-order valence-corrected chi connectivity index (χ4v) is 2.07. The Labute approximate surface area is 140 Å². The molecule has 8 nitrogen and oxygen atoms in total. The van der Waals surface area contributed by atoms with Gasteiger partial charge < -0.3 is 15.8 Å². The van der Waals surface area contributed by atoms with E-state index in [0.717, 1.165) is 12.8 Å². The molecule has 0 atom stereocenters. The Kier molecular flexibility index (Phi) is 5.69. The number of rotatable bonds is 6. The van der Waals surface area contributed by atoms with E-state index in [4.69, 9.17) is 10.5 Å². The molecule has 3 amide bonds. The SMILES string of the molecule is NC(=O)COc1ccc(/C=N\NC(=O)C(=O)NC2CC2)cc1Br. The number of hydrogen-bond acceptors (Lipinski definition) is 5.